The van der Waals surface area contributed by atoms with Gasteiger partial charge < -0.3 is 20.1 Å². The highest BCUT2D eigenvalue weighted by molar-refractivity contribution is 6.34. The fourth-order valence-corrected chi connectivity index (χ4v) is 4.48. The number of benzene rings is 1. The van der Waals surface area contributed by atoms with Gasteiger partial charge in [0.05, 0.1) is 28.9 Å². The van der Waals surface area contributed by atoms with Crippen LogP contribution in [0, 0.1) is 0 Å². The van der Waals surface area contributed by atoms with E-state index in [-0.39, 0.29) is 31.2 Å². The van der Waals surface area contributed by atoms with Crippen molar-refractivity contribution in [2.75, 3.05) is 17.2 Å². The summed E-state index contributed by atoms with van der Waals surface area (Å²) in [5.74, 6) is 0.495. The summed E-state index contributed by atoms with van der Waals surface area (Å²) in [6.45, 7) is 5.88. The summed E-state index contributed by atoms with van der Waals surface area (Å²) in [6.07, 6.45) is 3.50. The zero-order chi connectivity index (χ0) is 27.7. The van der Waals surface area contributed by atoms with Gasteiger partial charge in [0.15, 0.2) is 5.65 Å². The van der Waals surface area contributed by atoms with Crippen LogP contribution in [0.2, 0.25) is 10.0 Å². The van der Waals surface area contributed by atoms with Gasteiger partial charge in [-0.2, -0.15) is 5.10 Å². The molecule has 0 aliphatic carbocycles. The van der Waals surface area contributed by atoms with E-state index in [1.807, 2.05) is 6.92 Å². The van der Waals surface area contributed by atoms with E-state index in [0.717, 1.165) is 0 Å². The summed E-state index contributed by atoms with van der Waals surface area (Å²) in [4.78, 5) is 34.1. The Hall–Kier alpha value is -4.09. The molecule has 3 N–H and O–H groups in total. The first-order valence-corrected chi connectivity index (χ1v) is 12.9. The maximum absolute atomic E-state index is 13.0. The van der Waals surface area contributed by atoms with Crippen molar-refractivity contribution >= 4 is 52.4 Å². The van der Waals surface area contributed by atoms with Gasteiger partial charge in [-0.3, -0.25) is 10.1 Å². The largest absolute Gasteiger partial charge is 0.473 e. The molecule has 0 saturated heterocycles. The fourth-order valence-electron chi connectivity index (χ4n) is 4.02. The van der Waals surface area contributed by atoms with Gasteiger partial charge in [0.2, 0.25) is 5.88 Å². The quantitative estimate of drug-likeness (QED) is 0.307. The van der Waals surface area contributed by atoms with Crippen molar-refractivity contribution in [1.82, 2.24) is 24.9 Å². The SMILES string of the molecule is CC(C)OC(=O)Nc1ccc(-c2cn3ncc4c3nc2NCc2cc(Cl)cnc2O[C@@H](C)CNC4=O)c(Cl)c1. The number of nitrogens with one attached hydrogen (secondary N) is 3. The van der Waals surface area contributed by atoms with E-state index in [9.17, 15) is 9.59 Å². The second kappa shape index (κ2) is 11.0. The zero-order valence-corrected chi connectivity index (χ0v) is 22.8. The molecule has 1 atom stereocenters. The number of aromatic nitrogens is 4. The van der Waals surface area contributed by atoms with E-state index in [4.69, 9.17) is 37.7 Å². The molecule has 0 unspecified atom stereocenters. The third-order valence-corrected chi connectivity index (χ3v) is 6.31. The third kappa shape index (κ3) is 5.84. The molecule has 1 aromatic carbocycles. The molecule has 4 heterocycles. The molecule has 39 heavy (non-hydrogen) atoms. The second-order valence-corrected chi connectivity index (χ2v) is 10.1. The lowest BCUT2D eigenvalue weighted by Crippen LogP contribution is -2.33. The molecule has 5 rings (SSSR count). The minimum absolute atomic E-state index is 0.249. The lowest BCUT2D eigenvalue weighted by Gasteiger charge is -2.18. The molecule has 0 saturated carbocycles. The fraction of sp³-hybridized carbons (Fsp3) is 0.269. The number of carbonyl (C=O) groups excluding carboxylic acids is 2. The molecule has 11 nitrogen and oxygen atoms in total. The van der Waals surface area contributed by atoms with Crippen LogP contribution in [0.15, 0.2) is 42.9 Å². The van der Waals surface area contributed by atoms with Crippen molar-refractivity contribution in [1.29, 1.82) is 0 Å². The van der Waals surface area contributed by atoms with Gasteiger partial charge in [-0.25, -0.2) is 19.3 Å². The number of rotatable bonds is 3. The average Bonchev–Trinajstić information content (AvgIpc) is 3.29. The van der Waals surface area contributed by atoms with Crippen molar-refractivity contribution in [3.05, 3.63) is 64.0 Å². The Bertz CT molecular complexity index is 1570. The Balaban J connectivity index is 1.58. The Morgan fingerprint density at radius 2 is 2.00 bits per heavy atom. The minimum atomic E-state index is -0.582. The van der Waals surface area contributed by atoms with Crippen LogP contribution in [0.1, 0.15) is 36.7 Å². The maximum Gasteiger partial charge on any atom is 0.411 e. The first-order valence-electron chi connectivity index (χ1n) is 12.2. The van der Waals surface area contributed by atoms with Gasteiger partial charge in [0.25, 0.3) is 5.91 Å². The number of ether oxygens (including phenoxy) is 2. The molecule has 13 heteroatoms. The van der Waals surface area contributed by atoms with Crippen molar-refractivity contribution in [2.45, 2.75) is 39.5 Å². The van der Waals surface area contributed by atoms with Crippen molar-refractivity contribution in [3.63, 3.8) is 0 Å². The predicted octanol–water partition coefficient (Wildman–Crippen LogP) is 5.18. The highest BCUT2D eigenvalue weighted by atomic mass is 35.5. The van der Waals surface area contributed by atoms with Crippen LogP contribution >= 0.6 is 23.2 Å². The van der Waals surface area contributed by atoms with Crippen molar-refractivity contribution < 1.29 is 19.1 Å². The van der Waals surface area contributed by atoms with Crippen LogP contribution < -0.4 is 20.7 Å². The average molecular weight is 570 g/mol. The molecule has 3 aromatic heterocycles. The molecular weight excluding hydrogens is 545 g/mol. The number of hydrogen-bond acceptors (Lipinski definition) is 8. The number of halogens is 2. The number of nitrogens with zero attached hydrogens (tertiary/aromatic N) is 4. The zero-order valence-electron chi connectivity index (χ0n) is 21.3. The first kappa shape index (κ1) is 26.5. The Kier molecular flexibility index (Phi) is 7.45. The summed E-state index contributed by atoms with van der Waals surface area (Å²) in [6, 6.07) is 6.83. The van der Waals surface area contributed by atoms with Gasteiger partial charge in [0, 0.05) is 41.3 Å². The lowest BCUT2D eigenvalue weighted by atomic mass is 10.1. The maximum atomic E-state index is 13.0. The summed E-state index contributed by atoms with van der Waals surface area (Å²) in [5.41, 5.74) is 3.08. The number of carbonyl (C=O) groups is 2. The van der Waals surface area contributed by atoms with Crippen LogP contribution in [-0.2, 0) is 11.3 Å². The first-order chi connectivity index (χ1) is 18.7. The molecule has 2 amide bonds. The molecule has 1 aliphatic heterocycles. The number of amides is 2. The monoisotopic (exact) mass is 569 g/mol. The predicted molar refractivity (Wildman–Crippen MR) is 148 cm³/mol. The lowest BCUT2D eigenvalue weighted by molar-refractivity contribution is 0.0932. The number of fused-ring (bicyclic) bond motifs is 2. The normalized spacial score (nSPS) is 15.3. The highest BCUT2D eigenvalue weighted by Crippen LogP contribution is 2.35. The van der Waals surface area contributed by atoms with Gasteiger partial charge in [0.1, 0.15) is 17.5 Å². The summed E-state index contributed by atoms with van der Waals surface area (Å²) in [7, 11) is 0. The van der Waals surface area contributed by atoms with Crippen LogP contribution in [0.4, 0.5) is 16.3 Å². The van der Waals surface area contributed by atoms with E-state index < -0.39 is 6.09 Å². The number of anilines is 2. The molecule has 0 fully saturated rings. The van der Waals surface area contributed by atoms with E-state index in [1.165, 1.54) is 16.9 Å². The minimum Gasteiger partial charge on any atom is -0.473 e. The van der Waals surface area contributed by atoms with Crippen molar-refractivity contribution in [3.8, 4) is 17.0 Å². The summed E-state index contributed by atoms with van der Waals surface area (Å²) >= 11 is 12.9. The van der Waals surface area contributed by atoms with Crippen LogP contribution in [-0.4, -0.2) is 50.3 Å². The van der Waals surface area contributed by atoms with Gasteiger partial charge in [-0.05, 0) is 39.0 Å². The number of hydrogen-bond donors (Lipinski definition) is 3. The van der Waals surface area contributed by atoms with E-state index >= 15 is 0 Å². The van der Waals surface area contributed by atoms with Gasteiger partial charge in [-0.15, -0.1) is 0 Å². The molecule has 1 aliphatic rings. The second-order valence-electron chi connectivity index (χ2n) is 9.21. The molecule has 0 spiro atoms. The van der Waals surface area contributed by atoms with E-state index in [0.29, 0.717) is 55.3 Å². The Morgan fingerprint density at radius 3 is 2.77 bits per heavy atom. The molecule has 4 aromatic rings. The van der Waals surface area contributed by atoms with Crippen LogP contribution in [0.25, 0.3) is 16.8 Å². The molecular formula is C26H25Cl2N7O4. The highest BCUT2D eigenvalue weighted by Gasteiger charge is 2.21. The van der Waals surface area contributed by atoms with E-state index in [2.05, 4.69) is 26.0 Å². The van der Waals surface area contributed by atoms with Crippen LogP contribution in [0.5, 0.6) is 5.88 Å². The van der Waals surface area contributed by atoms with Gasteiger partial charge in [-0.1, -0.05) is 29.3 Å². The Morgan fingerprint density at radius 1 is 1.18 bits per heavy atom. The summed E-state index contributed by atoms with van der Waals surface area (Å²) < 4.78 is 12.7. The molecule has 2 bridgehead atoms. The van der Waals surface area contributed by atoms with E-state index in [1.54, 1.807) is 44.3 Å². The van der Waals surface area contributed by atoms with Gasteiger partial charge >= 0.3 is 6.09 Å². The van der Waals surface area contributed by atoms with Crippen LogP contribution in [0.3, 0.4) is 0 Å². The topological polar surface area (TPSA) is 132 Å². The Labute approximate surface area is 233 Å². The standard InChI is InChI=1S/C26H25Cl2N7O4/c1-13(2)38-26(37)33-17-4-5-18(21(28)7-17)20-12-35-23-19(11-32-35)24(36)30-8-14(3)39-25-15(6-16(27)10-31-25)9-29-22(20)34-23/h4-7,10-14H,8-9H2,1-3H3,(H,29,34)(H,30,36)(H,33,37)/t14-/m0/s1. The summed E-state index contributed by atoms with van der Waals surface area (Å²) in [5, 5.41) is 14.0. The number of pyridine rings is 1. The smallest absolute Gasteiger partial charge is 0.411 e. The van der Waals surface area contributed by atoms with Crippen molar-refractivity contribution in [2.24, 2.45) is 0 Å². The molecule has 202 valence electrons. The molecule has 0 radical (unpaired) electrons. The third-order valence-electron chi connectivity index (χ3n) is 5.79.